The summed E-state index contributed by atoms with van der Waals surface area (Å²) in [6, 6.07) is -0.0969. The Balaban J connectivity index is 3.60. The molecule has 0 amide bonds. The highest BCUT2D eigenvalue weighted by atomic mass is 15.0. The Morgan fingerprint density at radius 2 is 1.35 bits per heavy atom. The fourth-order valence-corrected chi connectivity index (χ4v) is 2.53. The molecule has 0 aromatic heterocycles. The summed E-state index contributed by atoms with van der Waals surface area (Å²) in [7, 11) is 0. The zero-order chi connectivity index (χ0) is 15.3. The fraction of sp³-hybridized carbons (Fsp3) is 1.00. The van der Waals surface area contributed by atoms with Gasteiger partial charge in [0.2, 0.25) is 0 Å². The molecule has 0 rings (SSSR count). The third kappa shape index (κ3) is 10.6. The Bertz CT molecular complexity index is 207. The van der Waals surface area contributed by atoms with Crippen LogP contribution in [0.2, 0.25) is 0 Å². The van der Waals surface area contributed by atoms with E-state index in [0.29, 0.717) is 0 Å². The lowest BCUT2D eigenvalue weighted by Crippen LogP contribution is -2.62. The van der Waals surface area contributed by atoms with Gasteiger partial charge in [-0.1, -0.05) is 64.7 Å². The van der Waals surface area contributed by atoms with Crippen molar-refractivity contribution >= 4 is 0 Å². The van der Waals surface area contributed by atoms with Gasteiger partial charge in [0, 0.05) is 6.04 Å². The second kappa shape index (κ2) is 12.6. The number of hydrogen-bond acceptors (Lipinski definition) is 4. The van der Waals surface area contributed by atoms with Crippen LogP contribution in [0.15, 0.2) is 0 Å². The van der Waals surface area contributed by atoms with Gasteiger partial charge in [0.05, 0.1) is 5.66 Å². The van der Waals surface area contributed by atoms with Crippen LogP contribution in [0.25, 0.3) is 0 Å². The molecular formula is C16H38N4. The number of unbranched alkanes of at least 4 members (excludes halogenated alkanes) is 8. The van der Waals surface area contributed by atoms with Gasteiger partial charge in [-0.2, -0.15) is 0 Å². The van der Waals surface area contributed by atoms with E-state index in [1.807, 2.05) is 0 Å². The summed E-state index contributed by atoms with van der Waals surface area (Å²) in [5.74, 6) is 0. The van der Waals surface area contributed by atoms with E-state index < -0.39 is 5.66 Å². The van der Waals surface area contributed by atoms with Gasteiger partial charge in [0.1, 0.15) is 0 Å². The minimum absolute atomic E-state index is 0.0969. The summed E-state index contributed by atoms with van der Waals surface area (Å²) >= 11 is 0. The Morgan fingerprint density at radius 3 is 1.95 bits per heavy atom. The van der Waals surface area contributed by atoms with Crippen LogP contribution in [-0.4, -0.2) is 18.2 Å². The van der Waals surface area contributed by atoms with Crippen molar-refractivity contribution in [3.8, 4) is 0 Å². The monoisotopic (exact) mass is 286 g/mol. The summed E-state index contributed by atoms with van der Waals surface area (Å²) in [4.78, 5) is 0. The van der Waals surface area contributed by atoms with Crippen LogP contribution >= 0.6 is 0 Å². The minimum atomic E-state index is -0.702. The van der Waals surface area contributed by atoms with E-state index in [4.69, 9.17) is 22.9 Å². The molecule has 0 saturated heterocycles. The smallest absolute Gasteiger partial charge is 0.0792 e. The molecule has 0 spiro atoms. The largest absolute Gasteiger partial charge is 0.330 e. The quantitative estimate of drug-likeness (QED) is 0.291. The molecule has 0 aliphatic carbocycles. The Morgan fingerprint density at radius 1 is 0.800 bits per heavy atom. The average molecular weight is 287 g/mol. The van der Waals surface area contributed by atoms with Gasteiger partial charge in [-0.3, -0.25) is 0 Å². The second-order valence-electron chi connectivity index (χ2n) is 6.23. The summed E-state index contributed by atoms with van der Waals surface area (Å²) in [5.41, 5.74) is 23.2. The maximum atomic E-state index is 6.17. The standard InChI is InChI=1S/C16H38N4/c1-2-3-4-5-6-7-10-13-16(19,20)15(18)12-9-8-11-14-17/h15H,2-14,17-20H2,1H3. The summed E-state index contributed by atoms with van der Waals surface area (Å²) in [5, 5.41) is 0. The van der Waals surface area contributed by atoms with E-state index in [-0.39, 0.29) is 6.04 Å². The molecule has 4 nitrogen and oxygen atoms in total. The van der Waals surface area contributed by atoms with Gasteiger partial charge >= 0.3 is 0 Å². The average Bonchev–Trinajstić information content (AvgIpc) is 2.42. The van der Waals surface area contributed by atoms with Gasteiger partial charge < -0.3 is 22.9 Å². The first-order valence-corrected chi connectivity index (χ1v) is 8.58. The molecule has 8 N–H and O–H groups in total. The summed E-state index contributed by atoms with van der Waals surface area (Å²) in [6.07, 6.45) is 13.9. The minimum Gasteiger partial charge on any atom is -0.330 e. The number of nitrogens with two attached hydrogens (primary N) is 4. The first-order chi connectivity index (χ1) is 9.54. The van der Waals surface area contributed by atoms with Gasteiger partial charge in [0.25, 0.3) is 0 Å². The van der Waals surface area contributed by atoms with E-state index in [1.165, 1.54) is 38.5 Å². The van der Waals surface area contributed by atoms with Crippen LogP contribution in [0.1, 0.15) is 84.0 Å². The molecule has 1 unspecified atom stereocenters. The van der Waals surface area contributed by atoms with Crippen molar-refractivity contribution < 1.29 is 0 Å². The number of rotatable bonds is 14. The second-order valence-corrected chi connectivity index (χ2v) is 6.23. The predicted octanol–water partition coefficient (Wildman–Crippen LogP) is 2.59. The molecule has 0 heterocycles. The first-order valence-electron chi connectivity index (χ1n) is 8.58. The van der Waals surface area contributed by atoms with Crippen LogP contribution in [0, 0.1) is 0 Å². The topological polar surface area (TPSA) is 104 Å². The lowest BCUT2D eigenvalue weighted by Gasteiger charge is -2.31. The maximum Gasteiger partial charge on any atom is 0.0792 e. The summed E-state index contributed by atoms with van der Waals surface area (Å²) < 4.78 is 0. The Hall–Kier alpha value is -0.160. The van der Waals surface area contributed by atoms with Gasteiger partial charge in [-0.15, -0.1) is 0 Å². The molecule has 1 atom stereocenters. The molecule has 0 bridgehead atoms. The number of hydrogen-bond donors (Lipinski definition) is 4. The normalized spacial score (nSPS) is 13.7. The van der Waals surface area contributed by atoms with Gasteiger partial charge in [0.15, 0.2) is 0 Å². The van der Waals surface area contributed by atoms with Crippen molar-refractivity contribution in [2.24, 2.45) is 22.9 Å². The molecule has 0 aromatic carbocycles. The predicted molar refractivity (Wildman–Crippen MR) is 89.2 cm³/mol. The lowest BCUT2D eigenvalue weighted by atomic mass is 9.91. The molecule has 122 valence electrons. The van der Waals surface area contributed by atoms with Crippen molar-refractivity contribution in [3.05, 3.63) is 0 Å². The zero-order valence-corrected chi connectivity index (χ0v) is 13.6. The molecule has 0 saturated carbocycles. The molecular weight excluding hydrogens is 248 g/mol. The van der Waals surface area contributed by atoms with Crippen molar-refractivity contribution in [3.63, 3.8) is 0 Å². The van der Waals surface area contributed by atoms with Crippen LogP contribution in [0.5, 0.6) is 0 Å². The van der Waals surface area contributed by atoms with Crippen molar-refractivity contribution in [1.82, 2.24) is 0 Å². The van der Waals surface area contributed by atoms with E-state index >= 15 is 0 Å². The highest BCUT2D eigenvalue weighted by Gasteiger charge is 2.26. The van der Waals surface area contributed by atoms with Crippen molar-refractivity contribution in [2.45, 2.75) is 95.7 Å². The highest BCUT2D eigenvalue weighted by molar-refractivity contribution is 4.88. The van der Waals surface area contributed by atoms with Crippen molar-refractivity contribution in [2.75, 3.05) is 6.54 Å². The van der Waals surface area contributed by atoms with E-state index in [9.17, 15) is 0 Å². The molecule has 4 heteroatoms. The van der Waals surface area contributed by atoms with Crippen LogP contribution in [0.4, 0.5) is 0 Å². The first kappa shape index (κ1) is 19.8. The lowest BCUT2D eigenvalue weighted by molar-refractivity contribution is 0.299. The molecule has 0 aliphatic rings. The molecule has 0 aliphatic heterocycles. The van der Waals surface area contributed by atoms with E-state index in [1.54, 1.807) is 0 Å². The molecule has 0 fully saturated rings. The SMILES string of the molecule is CCCCCCCCCC(N)(N)C(N)CCCCCN. The molecule has 0 radical (unpaired) electrons. The van der Waals surface area contributed by atoms with Crippen LogP contribution < -0.4 is 22.9 Å². The fourth-order valence-electron chi connectivity index (χ4n) is 2.53. The maximum absolute atomic E-state index is 6.17. The molecule has 20 heavy (non-hydrogen) atoms. The van der Waals surface area contributed by atoms with Crippen molar-refractivity contribution in [1.29, 1.82) is 0 Å². The Labute approximate surface area is 126 Å². The van der Waals surface area contributed by atoms with E-state index in [2.05, 4.69) is 6.92 Å². The van der Waals surface area contributed by atoms with Crippen LogP contribution in [0.3, 0.4) is 0 Å². The van der Waals surface area contributed by atoms with Gasteiger partial charge in [-0.05, 0) is 25.8 Å². The Kier molecular flexibility index (Phi) is 12.5. The molecule has 0 aromatic rings. The highest BCUT2D eigenvalue weighted by Crippen LogP contribution is 2.16. The van der Waals surface area contributed by atoms with Gasteiger partial charge in [-0.25, -0.2) is 0 Å². The zero-order valence-electron chi connectivity index (χ0n) is 13.6. The summed E-state index contributed by atoms with van der Waals surface area (Å²) in [6.45, 7) is 3.00. The third-order valence-electron chi connectivity index (χ3n) is 4.12. The van der Waals surface area contributed by atoms with Crippen LogP contribution in [-0.2, 0) is 0 Å². The third-order valence-corrected chi connectivity index (χ3v) is 4.12. The van der Waals surface area contributed by atoms with E-state index in [0.717, 1.165) is 45.1 Å².